The number of carbonyl (C=O) groups excluding carboxylic acids is 1. The molecule has 0 aliphatic heterocycles. The zero-order valence-corrected chi connectivity index (χ0v) is 11.7. The van der Waals surface area contributed by atoms with Gasteiger partial charge in [-0.3, -0.25) is 4.79 Å². The zero-order chi connectivity index (χ0) is 13.1. The summed E-state index contributed by atoms with van der Waals surface area (Å²) >= 11 is 1.41. The van der Waals surface area contributed by atoms with Gasteiger partial charge in [0, 0.05) is 6.04 Å². The summed E-state index contributed by atoms with van der Waals surface area (Å²) in [5.41, 5.74) is 5.30. The van der Waals surface area contributed by atoms with E-state index in [9.17, 15) is 4.79 Å². The standard InChI is InChI=1S/C12H20N4OS/c1-8(11(13)17)18-12-15-14-9(2)16(12)10-6-4-3-5-7-10/h8,10H,3-7H2,1-2H3,(H2,13,17). The normalized spacial score (nSPS) is 18.8. The second-order valence-corrected chi connectivity index (χ2v) is 6.16. The Hall–Kier alpha value is -1.04. The van der Waals surface area contributed by atoms with Gasteiger partial charge in [0.1, 0.15) is 5.82 Å². The van der Waals surface area contributed by atoms with Crippen LogP contribution in [0.3, 0.4) is 0 Å². The highest BCUT2D eigenvalue weighted by atomic mass is 32.2. The van der Waals surface area contributed by atoms with Crippen LogP contribution >= 0.6 is 11.8 Å². The lowest BCUT2D eigenvalue weighted by Gasteiger charge is -2.25. The molecular weight excluding hydrogens is 248 g/mol. The summed E-state index contributed by atoms with van der Waals surface area (Å²) in [7, 11) is 0. The summed E-state index contributed by atoms with van der Waals surface area (Å²) in [6, 6.07) is 0.483. The fourth-order valence-corrected chi connectivity index (χ4v) is 3.32. The average Bonchev–Trinajstić information content (AvgIpc) is 2.71. The number of hydrogen-bond acceptors (Lipinski definition) is 4. The van der Waals surface area contributed by atoms with Crippen molar-refractivity contribution < 1.29 is 4.79 Å². The number of nitrogens with zero attached hydrogens (tertiary/aromatic N) is 3. The van der Waals surface area contributed by atoms with E-state index in [0.29, 0.717) is 6.04 Å². The Bertz CT molecular complexity index is 426. The van der Waals surface area contributed by atoms with Crippen LogP contribution in [0.25, 0.3) is 0 Å². The first-order valence-corrected chi connectivity index (χ1v) is 7.35. The number of carbonyl (C=O) groups is 1. The topological polar surface area (TPSA) is 73.8 Å². The van der Waals surface area contributed by atoms with Gasteiger partial charge in [-0.25, -0.2) is 0 Å². The summed E-state index contributed by atoms with van der Waals surface area (Å²) in [5.74, 6) is 0.622. The molecule has 1 unspecified atom stereocenters. The quantitative estimate of drug-likeness (QED) is 0.848. The maximum absolute atomic E-state index is 11.1. The van der Waals surface area contributed by atoms with E-state index in [1.165, 1.54) is 43.9 Å². The molecule has 1 amide bonds. The molecule has 0 radical (unpaired) electrons. The summed E-state index contributed by atoms with van der Waals surface area (Å²) in [6.45, 7) is 3.78. The molecule has 2 rings (SSSR count). The van der Waals surface area contributed by atoms with E-state index in [1.807, 2.05) is 13.8 Å². The lowest BCUT2D eigenvalue weighted by atomic mass is 9.95. The molecule has 0 bridgehead atoms. The molecule has 1 aromatic heterocycles. The minimum Gasteiger partial charge on any atom is -0.369 e. The van der Waals surface area contributed by atoms with Gasteiger partial charge in [-0.15, -0.1) is 10.2 Å². The van der Waals surface area contributed by atoms with Gasteiger partial charge >= 0.3 is 0 Å². The minimum absolute atomic E-state index is 0.268. The highest BCUT2D eigenvalue weighted by molar-refractivity contribution is 8.00. The number of hydrogen-bond donors (Lipinski definition) is 1. The van der Waals surface area contributed by atoms with Gasteiger partial charge in [-0.05, 0) is 26.7 Å². The molecular formula is C12H20N4OS. The maximum atomic E-state index is 11.1. The molecule has 18 heavy (non-hydrogen) atoms. The predicted molar refractivity (Wildman–Crippen MR) is 71.4 cm³/mol. The Kier molecular flexibility index (Phi) is 4.27. The largest absolute Gasteiger partial charge is 0.369 e. The molecule has 1 saturated carbocycles. The molecule has 1 aromatic rings. The number of rotatable bonds is 4. The Morgan fingerprint density at radius 3 is 2.67 bits per heavy atom. The fourth-order valence-electron chi connectivity index (χ4n) is 2.41. The number of amides is 1. The molecule has 5 nitrogen and oxygen atoms in total. The van der Waals surface area contributed by atoms with Crippen molar-refractivity contribution in [2.24, 2.45) is 5.73 Å². The molecule has 1 fully saturated rings. The van der Waals surface area contributed by atoms with E-state index in [-0.39, 0.29) is 11.2 Å². The van der Waals surface area contributed by atoms with Gasteiger partial charge < -0.3 is 10.3 Å². The van der Waals surface area contributed by atoms with Crippen LogP contribution in [0.5, 0.6) is 0 Å². The van der Waals surface area contributed by atoms with E-state index >= 15 is 0 Å². The predicted octanol–water partition coefficient (Wildman–Crippen LogP) is 2.06. The molecule has 0 aromatic carbocycles. The van der Waals surface area contributed by atoms with Crippen molar-refractivity contribution in [1.29, 1.82) is 0 Å². The number of nitrogens with two attached hydrogens (primary N) is 1. The first-order valence-electron chi connectivity index (χ1n) is 6.47. The number of aryl methyl sites for hydroxylation is 1. The summed E-state index contributed by atoms with van der Waals surface area (Å²) in [5, 5.41) is 8.88. The molecule has 6 heteroatoms. The molecule has 100 valence electrons. The smallest absolute Gasteiger partial charge is 0.230 e. The lowest BCUT2D eigenvalue weighted by molar-refractivity contribution is -0.117. The average molecular weight is 268 g/mol. The highest BCUT2D eigenvalue weighted by Crippen LogP contribution is 2.33. The van der Waals surface area contributed by atoms with Gasteiger partial charge in [-0.2, -0.15) is 0 Å². The monoisotopic (exact) mass is 268 g/mol. The van der Waals surface area contributed by atoms with E-state index in [2.05, 4.69) is 14.8 Å². The van der Waals surface area contributed by atoms with Crippen LogP contribution in [-0.4, -0.2) is 25.9 Å². The van der Waals surface area contributed by atoms with E-state index in [4.69, 9.17) is 5.73 Å². The van der Waals surface area contributed by atoms with Crippen LogP contribution in [0.4, 0.5) is 0 Å². The third kappa shape index (κ3) is 2.85. The third-order valence-corrected chi connectivity index (χ3v) is 4.53. The van der Waals surface area contributed by atoms with Crippen molar-refractivity contribution >= 4 is 17.7 Å². The number of aromatic nitrogens is 3. The summed E-state index contributed by atoms with van der Waals surface area (Å²) in [6.07, 6.45) is 6.20. The van der Waals surface area contributed by atoms with Crippen molar-refractivity contribution in [1.82, 2.24) is 14.8 Å². The Balaban J connectivity index is 2.18. The van der Waals surface area contributed by atoms with Gasteiger partial charge in [0.2, 0.25) is 5.91 Å². The molecule has 1 heterocycles. The van der Waals surface area contributed by atoms with Crippen molar-refractivity contribution in [2.75, 3.05) is 0 Å². The van der Waals surface area contributed by atoms with Crippen molar-refractivity contribution in [2.45, 2.75) is 62.4 Å². The van der Waals surface area contributed by atoms with Gasteiger partial charge in [0.25, 0.3) is 0 Å². The SMILES string of the molecule is Cc1nnc(SC(C)C(N)=O)n1C1CCCCC1. The molecule has 1 atom stereocenters. The maximum Gasteiger partial charge on any atom is 0.230 e. The van der Waals surface area contributed by atoms with E-state index < -0.39 is 0 Å². The van der Waals surface area contributed by atoms with Gasteiger partial charge in [-0.1, -0.05) is 31.0 Å². The van der Waals surface area contributed by atoms with Gasteiger partial charge in [0.05, 0.1) is 5.25 Å². The third-order valence-electron chi connectivity index (χ3n) is 3.46. The van der Waals surface area contributed by atoms with Crippen molar-refractivity contribution in [3.05, 3.63) is 5.82 Å². The van der Waals surface area contributed by atoms with Crippen molar-refractivity contribution in [3.63, 3.8) is 0 Å². The first kappa shape index (κ1) is 13.4. The summed E-state index contributed by atoms with van der Waals surface area (Å²) in [4.78, 5) is 11.1. The second kappa shape index (κ2) is 5.73. The fraction of sp³-hybridized carbons (Fsp3) is 0.750. The molecule has 1 aliphatic rings. The highest BCUT2D eigenvalue weighted by Gasteiger charge is 2.23. The van der Waals surface area contributed by atoms with Crippen LogP contribution in [-0.2, 0) is 4.79 Å². The Morgan fingerprint density at radius 1 is 1.39 bits per heavy atom. The van der Waals surface area contributed by atoms with Crippen molar-refractivity contribution in [3.8, 4) is 0 Å². The second-order valence-electron chi connectivity index (χ2n) is 4.85. The minimum atomic E-state index is -0.309. The lowest BCUT2D eigenvalue weighted by Crippen LogP contribution is -2.23. The molecule has 2 N–H and O–H groups in total. The Morgan fingerprint density at radius 2 is 2.06 bits per heavy atom. The number of thioether (sulfide) groups is 1. The van der Waals surface area contributed by atoms with E-state index in [1.54, 1.807) is 0 Å². The molecule has 0 saturated heterocycles. The van der Waals surface area contributed by atoms with Crippen LogP contribution in [0.15, 0.2) is 5.16 Å². The van der Waals surface area contributed by atoms with Crippen LogP contribution < -0.4 is 5.73 Å². The number of primary amides is 1. The zero-order valence-electron chi connectivity index (χ0n) is 10.9. The van der Waals surface area contributed by atoms with Crippen LogP contribution in [0.1, 0.15) is 50.9 Å². The summed E-state index contributed by atoms with van der Waals surface area (Å²) < 4.78 is 2.18. The molecule has 1 aliphatic carbocycles. The van der Waals surface area contributed by atoms with Crippen LogP contribution in [0, 0.1) is 6.92 Å². The Labute approximate surface area is 112 Å². The van der Waals surface area contributed by atoms with Crippen LogP contribution in [0.2, 0.25) is 0 Å². The first-order chi connectivity index (χ1) is 8.59. The van der Waals surface area contributed by atoms with E-state index in [0.717, 1.165) is 11.0 Å². The molecule has 0 spiro atoms. The van der Waals surface area contributed by atoms with Gasteiger partial charge in [0.15, 0.2) is 5.16 Å².